The fourth-order valence-corrected chi connectivity index (χ4v) is 4.79. The van der Waals surface area contributed by atoms with Crippen molar-refractivity contribution in [1.29, 1.82) is 0 Å². The van der Waals surface area contributed by atoms with Gasteiger partial charge >= 0.3 is 0 Å². The van der Waals surface area contributed by atoms with E-state index in [-0.39, 0.29) is 17.3 Å². The number of allylic oxidation sites excluding steroid dienone is 1. The standard InChI is InChI=1S/C20H21NO5S/c1-3-6-14-9-10-17(18(11-14)25-2)26-12-20(22)21-16-13-27(23,24)19-8-5-4-7-15(16)19/h3-11,16H,12-13H2,1-2H3,(H,21,22). The van der Waals surface area contributed by atoms with Crippen molar-refractivity contribution >= 4 is 21.8 Å². The molecule has 0 bridgehead atoms. The molecular weight excluding hydrogens is 366 g/mol. The van der Waals surface area contributed by atoms with Crippen LogP contribution >= 0.6 is 0 Å². The number of fused-ring (bicyclic) bond motifs is 1. The molecule has 1 aliphatic rings. The highest BCUT2D eigenvalue weighted by molar-refractivity contribution is 7.91. The van der Waals surface area contributed by atoms with Crippen LogP contribution in [0.15, 0.2) is 53.4 Å². The summed E-state index contributed by atoms with van der Waals surface area (Å²) in [6, 6.07) is 11.5. The fourth-order valence-electron chi connectivity index (χ4n) is 3.05. The quantitative estimate of drug-likeness (QED) is 0.824. The van der Waals surface area contributed by atoms with E-state index >= 15 is 0 Å². The third kappa shape index (κ3) is 4.14. The molecule has 1 N–H and O–H groups in total. The Kier molecular flexibility index (Phi) is 5.51. The van der Waals surface area contributed by atoms with Gasteiger partial charge in [-0.1, -0.05) is 36.4 Å². The van der Waals surface area contributed by atoms with Crippen molar-refractivity contribution in [2.45, 2.75) is 17.9 Å². The Morgan fingerprint density at radius 3 is 2.74 bits per heavy atom. The second kappa shape index (κ2) is 7.84. The van der Waals surface area contributed by atoms with Gasteiger partial charge < -0.3 is 14.8 Å². The lowest BCUT2D eigenvalue weighted by atomic mass is 10.1. The van der Waals surface area contributed by atoms with Gasteiger partial charge in [-0.3, -0.25) is 4.79 Å². The highest BCUT2D eigenvalue weighted by Gasteiger charge is 2.35. The van der Waals surface area contributed by atoms with Gasteiger partial charge in [0, 0.05) is 0 Å². The molecule has 1 heterocycles. The maximum absolute atomic E-state index is 12.3. The van der Waals surface area contributed by atoms with Crippen LogP contribution in [0, 0.1) is 0 Å². The molecule has 7 heteroatoms. The first-order valence-corrected chi connectivity index (χ1v) is 10.1. The molecule has 1 aliphatic heterocycles. The molecule has 6 nitrogen and oxygen atoms in total. The minimum Gasteiger partial charge on any atom is -0.493 e. The van der Waals surface area contributed by atoms with Crippen molar-refractivity contribution in [2.75, 3.05) is 19.5 Å². The zero-order chi connectivity index (χ0) is 19.4. The summed E-state index contributed by atoms with van der Waals surface area (Å²) in [4.78, 5) is 12.6. The number of carbonyl (C=O) groups is 1. The Morgan fingerprint density at radius 1 is 1.22 bits per heavy atom. The molecule has 0 radical (unpaired) electrons. The number of nitrogens with one attached hydrogen (secondary N) is 1. The van der Waals surface area contributed by atoms with Gasteiger partial charge in [-0.25, -0.2) is 8.42 Å². The topological polar surface area (TPSA) is 81.7 Å². The van der Waals surface area contributed by atoms with Crippen LogP contribution in [0.2, 0.25) is 0 Å². The van der Waals surface area contributed by atoms with Crippen LogP contribution in [0.25, 0.3) is 6.08 Å². The molecule has 142 valence electrons. The molecule has 27 heavy (non-hydrogen) atoms. The molecule has 2 aromatic carbocycles. The normalized spacial score (nSPS) is 17.5. The van der Waals surface area contributed by atoms with Crippen molar-refractivity contribution in [3.63, 3.8) is 0 Å². The predicted molar refractivity (Wildman–Crippen MR) is 103 cm³/mol. The number of hydrogen-bond acceptors (Lipinski definition) is 5. The number of ether oxygens (including phenoxy) is 2. The zero-order valence-electron chi connectivity index (χ0n) is 15.1. The third-order valence-corrected chi connectivity index (χ3v) is 6.07. The number of methoxy groups -OCH3 is 1. The van der Waals surface area contributed by atoms with Crippen LogP contribution < -0.4 is 14.8 Å². The molecule has 2 aromatic rings. The largest absolute Gasteiger partial charge is 0.493 e. The van der Waals surface area contributed by atoms with Gasteiger partial charge in [0.25, 0.3) is 5.91 Å². The van der Waals surface area contributed by atoms with Gasteiger partial charge in [0.05, 0.1) is 23.8 Å². The summed E-state index contributed by atoms with van der Waals surface area (Å²) < 4.78 is 35.2. The van der Waals surface area contributed by atoms with Crippen molar-refractivity contribution in [3.8, 4) is 11.5 Å². The van der Waals surface area contributed by atoms with E-state index in [1.807, 2.05) is 31.2 Å². The molecule has 1 amide bonds. The van der Waals surface area contributed by atoms with Crippen LogP contribution in [0.4, 0.5) is 0 Å². The highest BCUT2D eigenvalue weighted by Crippen LogP contribution is 2.33. The second-order valence-corrected chi connectivity index (χ2v) is 8.14. The second-order valence-electron chi connectivity index (χ2n) is 6.14. The van der Waals surface area contributed by atoms with Crippen LogP contribution in [-0.4, -0.2) is 33.8 Å². The smallest absolute Gasteiger partial charge is 0.258 e. The van der Waals surface area contributed by atoms with Gasteiger partial charge in [0.2, 0.25) is 0 Å². The Labute approximate surface area is 158 Å². The van der Waals surface area contributed by atoms with E-state index in [1.165, 1.54) is 7.11 Å². The third-order valence-electron chi connectivity index (χ3n) is 4.26. The molecular formula is C20H21NO5S. The lowest BCUT2D eigenvalue weighted by Crippen LogP contribution is -2.33. The first kappa shape index (κ1) is 19.0. The van der Waals surface area contributed by atoms with Crippen LogP contribution in [-0.2, 0) is 14.6 Å². The lowest BCUT2D eigenvalue weighted by molar-refractivity contribution is -0.123. The number of sulfone groups is 1. The van der Waals surface area contributed by atoms with Gasteiger partial charge in [-0.2, -0.15) is 0 Å². The van der Waals surface area contributed by atoms with Gasteiger partial charge in [-0.05, 0) is 36.2 Å². The van der Waals surface area contributed by atoms with Gasteiger partial charge in [0.15, 0.2) is 27.9 Å². The molecule has 0 saturated heterocycles. The minimum atomic E-state index is -3.37. The predicted octanol–water partition coefficient (Wildman–Crippen LogP) is 2.75. The lowest BCUT2D eigenvalue weighted by Gasteiger charge is -2.14. The molecule has 0 aromatic heterocycles. The summed E-state index contributed by atoms with van der Waals surface area (Å²) in [5, 5.41) is 2.74. The maximum atomic E-state index is 12.3. The van der Waals surface area contributed by atoms with Crippen LogP contribution in [0.5, 0.6) is 11.5 Å². The number of amides is 1. The molecule has 3 rings (SSSR count). The molecule has 0 fully saturated rings. The summed E-state index contributed by atoms with van der Waals surface area (Å²) >= 11 is 0. The van der Waals surface area contributed by atoms with E-state index in [2.05, 4.69) is 5.32 Å². The van der Waals surface area contributed by atoms with E-state index in [4.69, 9.17) is 9.47 Å². The number of benzene rings is 2. The zero-order valence-corrected chi connectivity index (χ0v) is 16.0. The summed E-state index contributed by atoms with van der Waals surface area (Å²) in [6.45, 7) is 1.68. The van der Waals surface area contributed by atoms with Crippen molar-refractivity contribution in [1.82, 2.24) is 5.32 Å². The molecule has 0 saturated carbocycles. The Bertz CT molecular complexity index is 982. The van der Waals surface area contributed by atoms with E-state index in [9.17, 15) is 13.2 Å². The molecule has 1 atom stereocenters. The summed E-state index contributed by atoms with van der Waals surface area (Å²) in [6.07, 6.45) is 3.84. The molecule has 0 spiro atoms. The number of hydrogen-bond donors (Lipinski definition) is 1. The Morgan fingerprint density at radius 2 is 2.00 bits per heavy atom. The van der Waals surface area contributed by atoms with Gasteiger partial charge in [-0.15, -0.1) is 0 Å². The van der Waals surface area contributed by atoms with Gasteiger partial charge in [0.1, 0.15) is 0 Å². The maximum Gasteiger partial charge on any atom is 0.258 e. The minimum absolute atomic E-state index is 0.139. The van der Waals surface area contributed by atoms with E-state index in [0.29, 0.717) is 17.1 Å². The number of rotatable bonds is 6. The fraction of sp³-hybridized carbons (Fsp3) is 0.250. The Balaban J connectivity index is 1.66. The monoisotopic (exact) mass is 387 g/mol. The molecule has 0 aliphatic carbocycles. The first-order chi connectivity index (χ1) is 12.9. The average molecular weight is 387 g/mol. The summed E-state index contributed by atoms with van der Waals surface area (Å²) in [7, 11) is -1.84. The summed E-state index contributed by atoms with van der Waals surface area (Å²) in [5.41, 5.74) is 1.57. The van der Waals surface area contributed by atoms with Crippen molar-refractivity contribution in [3.05, 3.63) is 59.7 Å². The Hall–Kier alpha value is -2.80. The first-order valence-electron chi connectivity index (χ1n) is 8.49. The van der Waals surface area contributed by atoms with Crippen LogP contribution in [0.1, 0.15) is 24.1 Å². The average Bonchev–Trinajstić information content (AvgIpc) is 2.91. The summed E-state index contributed by atoms with van der Waals surface area (Å²) in [5.74, 6) is 0.429. The van der Waals surface area contributed by atoms with Crippen molar-refractivity contribution in [2.24, 2.45) is 0 Å². The van der Waals surface area contributed by atoms with Crippen LogP contribution in [0.3, 0.4) is 0 Å². The SMILES string of the molecule is CC=Cc1ccc(OCC(=O)NC2CS(=O)(=O)c3ccccc32)c(OC)c1. The van der Waals surface area contributed by atoms with Crippen molar-refractivity contribution < 1.29 is 22.7 Å². The molecule has 1 unspecified atom stereocenters. The van der Waals surface area contributed by atoms with E-state index in [0.717, 1.165) is 5.56 Å². The highest BCUT2D eigenvalue weighted by atomic mass is 32.2. The number of carbonyl (C=O) groups excluding carboxylic acids is 1. The van der Waals surface area contributed by atoms with E-state index in [1.54, 1.807) is 30.3 Å². The van der Waals surface area contributed by atoms with E-state index < -0.39 is 21.8 Å².